The second-order valence-electron chi connectivity index (χ2n) is 6.77. The van der Waals surface area contributed by atoms with E-state index in [4.69, 9.17) is 9.47 Å². The van der Waals surface area contributed by atoms with Crippen molar-refractivity contribution in [1.29, 1.82) is 0 Å². The first-order chi connectivity index (χ1) is 14.9. The first-order valence-electron chi connectivity index (χ1n) is 9.26. The van der Waals surface area contributed by atoms with Gasteiger partial charge in [0.25, 0.3) is 11.8 Å². The zero-order valence-corrected chi connectivity index (χ0v) is 18.2. The van der Waals surface area contributed by atoms with Crippen molar-refractivity contribution in [2.24, 2.45) is 10.3 Å². The van der Waals surface area contributed by atoms with Gasteiger partial charge in [0, 0.05) is 10.5 Å². The van der Waals surface area contributed by atoms with Gasteiger partial charge in [0.05, 0.1) is 25.6 Å². The maximum absolute atomic E-state index is 13.1. The van der Waals surface area contributed by atoms with Gasteiger partial charge in [-0.2, -0.15) is 5.11 Å². The Kier molecular flexibility index (Phi) is 5.59. The van der Waals surface area contributed by atoms with E-state index in [0.717, 1.165) is 9.37 Å². The molecule has 1 saturated heterocycles. The van der Waals surface area contributed by atoms with E-state index >= 15 is 0 Å². The number of benzene rings is 2. The molecule has 10 nitrogen and oxygen atoms in total. The zero-order chi connectivity index (χ0) is 22.1. The molecular weight excluding hydrogens is 470 g/mol. The smallest absolute Gasteiger partial charge is 0.263 e. The number of nitrogens with zero attached hydrogens (tertiary/aromatic N) is 4. The van der Waals surface area contributed by atoms with Crippen LogP contribution in [-0.4, -0.2) is 55.6 Å². The van der Waals surface area contributed by atoms with Crippen LogP contribution < -0.4 is 19.7 Å². The fourth-order valence-electron chi connectivity index (χ4n) is 3.47. The van der Waals surface area contributed by atoms with Gasteiger partial charge in [-0.3, -0.25) is 19.4 Å². The topological polar surface area (TPSA) is 113 Å². The van der Waals surface area contributed by atoms with Gasteiger partial charge >= 0.3 is 0 Å². The van der Waals surface area contributed by atoms with Gasteiger partial charge in [-0.25, -0.2) is 4.90 Å². The van der Waals surface area contributed by atoms with Crippen LogP contribution in [0.15, 0.2) is 57.3 Å². The molecule has 0 aromatic heterocycles. The van der Waals surface area contributed by atoms with Gasteiger partial charge < -0.3 is 14.8 Å². The molecule has 0 radical (unpaired) electrons. The number of imide groups is 1. The average Bonchev–Trinajstić information content (AvgIpc) is 3.28. The summed E-state index contributed by atoms with van der Waals surface area (Å²) in [4.78, 5) is 39.5. The first-order valence-corrected chi connectivity index (χ1v) is 10.1. The molecule has 0 saturated carbocycles. The molecule has 31 heavy (non-hydrogen) atoms. The molecule has 0 unspecified atom stereocenters. The van der Waals surface area contributed by atoms with Crippen LogP contribution >= 0.6 is 15.9 Å². The van der Waals surface area contributed by atoms with E-state index in [1.807, 2.05) is 6.07 Å². The van der Waals surface area contributed by atoms with E-state index in [0.29, 0.717) is 22.9 Å². The van der Waals surface area contributed by atoms with Crippen molar-refractivity contribution in [2.45, 2.75) is 12.1 Å². The highest BCUT2D eigenvalue weighted by Crippen LogP contribution is 2.36. The number of anilines is 2. The van der Waals surface area contributed by atoms with Crippen LogP contribution in [0, 0.1) is 0 Å². The number of ether oxygens (including phenoxy) is 2. The Hall–Kier alpha value is -3.47. The molecule has 4 rings (SSSR count). The molecular formula is C20H18BrN5O5. The van der Waals surface area contributed by atoms with Gasteiger partial charge in [0.15, 0.2) is 23.6 Å². The number of methoxy groups -OCH3 is 2. The van der Waals surface area contributed by atoms with Crippen LogP contribution in [0.25, 0.3) is 0 Å². The lowest BCUT2D eigenvalue weighted by molar-refractivity contribution is -0.123. The third-order valence-electron chi connectivity index (χ3n) is 4.94. The van der Waals surface area contributed by atoms with E-state index in [2.05, 4.69) is 31.6 Å². The molecule has 1 fully saturated rings. The number of fused-ring (bicyclic) bond motifs is 1. The minimum Gasteiger partial charge on any atom is -0.493 e. The maximum Gasteiger partial charge on any atom is 0.263 e. The summed E-state index contributed by atoms with van der Waals surface area (Å²) < 4.78 is 11.2. The molecule has 2 heterocycles. The minimum absolute atomic E-state index is 0.231. The SMILES string of the molecule is COc1ccc(N2C(=O)[C@H]3N=NN(CC(=O)Nc4ccccc4Br)[C@@H]3C2=O)cc1OC. The Morgan fingerprint density at radius 2 is 1.84 bits per heavy atom. The summed E-state index contributed by atoms with van der Waals surface area (Å²) in [5, 5.41) is 11.8. The molecule has 1 N–H and O–H groups in total. The number of hydrogen-bond donors (Lipinski definition) is 1. The van der Waals surface area contributed by atoms with Crippen molar-refractivity contribution in [3.8, 4) is 11.5 Å². The van der Waals surface area contributed by atoms with E-state index < -0.39 is 29.8 Å². The molecule has 2 aromatic rings. The van der Waals surface area contributed by atoms with Crippen molar-refractivity contribution in [3.63, 3.8) is 0 Å². The minimum atomic E-state index is -1.00. The number of amides is 3. The number of para-hydroxylation sites is 1. The number of carbonyl (C=O) groups excluding carboxylic acids is 3. The quantitative estimate of drug-likeness (QED) is 0.625. The van der Waals surface area contributed by atoms with Crippen LogP contribution in [0.1, 0.15) is 0 Å². The van der Waals surface area contributed by atoms with Gasteiger partial charge in [-0.1, -0.05) is 17.4 Å². The number of nitrogens with one attached hydrogen (secondary N) is 1. The predicted molar refractivity (Wildman–Crippen MR) is 114 cm³/mol. The molecule has 2 atom stereocenters. The van der Waals surface area contributed by atoms with Gasteiger partial charge in [0.2, 0.25) is 5.91 Å². The standard InChI is InChI=1S/C20H18BrN5O5/c1-30-14-8-7-11(9-15(14)31-2)26-19(28)17-18(20(26)29)25(24-23-17)10-16(27)22-13-6-4-3-5-12(13)21/h3-9,17-18H,10H2,1-2H3,(H,22,27)/t17-,18-/m0/s1. The van der Waals surface area contributed by atoms with Crippen molar-refractivity contribution in [1.82, 2.24) is 5.01 Å². The molecule has 2 aliphatic rings. The Bertz CT molecular complexity index is 1090. The highest BCUT2D eigenvalue weighted by atomic mass is 79.9. The summed E-state index contributed by atoms with van der Waals surface area (Å²) in [6, 6.07) is 9.88. The molecule has 2 aromatic carbocycles. The molecule has 0 aliphatic carbocycles. The third kappa shape index (κ3) is 3.72. The summed E-state index contributed by atoms with van der Waals surface area (Å²) in [7, 11) is 2.95. The Balaban J connectivity index is 1.52. The summed E-state index contributed by atoms with van der Waals surface area (Å²) in [6.07, 6.45) is 0. The number of halogens is 1. The zero-order valence-electron chi connectivity index (χ0n) is 16.6. The van der Waals surface area contributed by atoms with Crippen LogP contribution in [-0.2, 0) is 14.4 Å². The van der Waals surface area contributed by atoms with E-state index in [-0.39, 0.29) is 6.54 Å². The number of rotatable bonds is 6. The largest absolute Gasteiger partial charge is 0.493 e. The van der Waals surface area contributed by atoms with Crippen molar-refractivity contribution < 1.29 is 23.9 Å². The van der Waals surface area contributed by atoms with Crippen LogP contribution in [0.2, 0.25) is 0 Å². The fraction of sp³-hybridized carbons (Fsp3) is 0.250. The van der Waals surface area contributed by atoms with Crippen molar-refractivity contribution in [2.75, 3.05) is 31.0 Å². The van der Waals surface area contributed by atoms with Gasteiger partial charge in [0.1, 0.15) is 6.54 Å². The molecule has 11 heteroatoms. The Morgan fingerprint density at radius 1 is 1.10 bits per heavy atom. The number of carbonyl (C=O) groups is 3. The van der Waals surface area contributed by atoms with Crippen molar-refractivity contribution >= 4 is 45.0 Å². The second-order valence-corrected chi connectivity index (χ2v) is 7.63. The van der Waals surface area contributed by atoms with Gasteiger partial charge in [-0.15, -0.1) is 0 Å². The lowest BCUT2D eigenvalue weighted by Crippen LogP contribution is -2.43. The summed E-state index contributed by atoms with van der Waals surface area (Å²) in [5.41, 5.74) is 0.913. The normalized spacial score (nSPS) is 19.6. The summed E-state index contributed by atoms with van der Waals surface area (Å²) >= 11 is 3.36. The van der Waals surface area contributed by atoms with Crippen LogP contribution in [0.5, 0.6) is 11.5 Å². The Labute approximate surface area is 185 Å². The molecule has 0 bridgehead atoms. The third-order valence-corrected chi connectivity index (χ3v) is 5.63. The maximum atomic E-state index is 13.1. The summed E-state index contributed by atoms with van der Waals surface area (Å²) in [5.74, 6) is -0.573. The van der Waals surface area contributed by atoms with Gasteiger partial charge in [-0.05, 0) is 40.2 Å². The molecule has 0 spiro atoms. The number of hydrogen-bond acceptors (Lipinski definition) is 8. The predicted octanol–water partition coefficient (Wildman–Crippen LogP) is 2.40. The lowest BCUT2D eigenvalue weighted by atomic mass is 10.1. The van der Waals surface area contributed by atoms with Crippen LogP contribution in [0.3, 0.4) is 0 Å². The van der Waals surface area contributed by atoms with Crippen molar-refractivity contribution in [3.05, 3.63) is 46.9 Å². The van der Waals surface area contributed by atoms with Crippen LogP contribution in [0.4, 0.5) is 11.4 Å². The monoisotopic (exact) mass is 487 g/mol. The van der Waals surface area contributed by atoms with E-state index in [9.17, 15) is 14.4 Å². The molecule has 160 valence electrons. The first kappa shape index (κ1) is 20.8. The van der Waals surface area contributed by atoms with E-state index in [1.165, 1.54) is 25.3 Å². The second kappa shape index (κ2) is 8.34. The fourth-order valence-corrected chi connectivity index (χ4v) is 3.86. The molecule has 3 amide bonds. The molecule has 2 aliphatic heterocycles. The average molecular weight is 488 g/mol. The highest BCUT2D eigenvalue weighted by Gasteiger charge is 2.55. The lowest BCUT2D eigenvalue weighted by Gasteiger charge is -2.21. The Morgan fingerprint density at radius 3 is 2.55 bits per heavy atom. The summed E-state index contributed by atoms with van der Waals surface area (Å²) in [6.45, 7) is -0.231. The van der Waals surface area contributed by atoms with E-state index in [1.54, 1.807) is 30.3 Å². The highest BCUT2D eigenvalue weighted by molar-refractivity contribution is 9.10.